The highest BCUT2D eigenvalue weighted by Crippen LogP contribution is 2.33. The van der Waals surface area contributed by atoms with Crippen molar-refractivity contribution in [1.29, 1.82) is 0 Å². The maximum Gasteiger partial charge on any atom is 0.269 e. The molecule has 5 rings (SSSR count). The summed E-state index contributed by atoms with van der Waals surface area (Å²) in [6.45, 7) is 1.10. The standard InChI is InChI=1S/C26H21N3O6S/c30-24(27-15-19-2-1-13-35-19)16-3-12-22-23(14-16)26(32)28(25(22)31)17-4-8-20(9-5-17)36-21-10-6-18(7-11-21)29(33)34/h3-12,14,19H,1-2,13,15H2,(H,27,30). The van der Waals surface area contributed by atoms with Crippen LogP contribution in [0.5, 0.6) is 0 Å². The fraction of sp³-hybridized carbons (Fsp3) is 0.192. The van der Waals surface area contributed by atoms with E-state index in [1.54, 1.807) is 42.5 Å². The quantitative estimate of drug-likeness (QED) is 0.287. The molecule has 0 saturated carbocycles. The van der Waals surface area contributed by atoms with Gasteiger partial charge in [-0.2, -0.15) is 0 Å². The number of nitro benzene ring substituents is 1. The van der Waals surface area contributed by atoms with Crippen LogP contribution in [0.15, 0.2) is 76.5 Å². The summed E-state index contributed by atoms with van der Waals surface area (Å²) in [6.07, 6.45) is 1.88. The summed E-state index contributed by atoms with van der Waals surface area (Å²) in [4.78, 5) is 51.8. The Morgan fingerprint density at radius 1 is 1.00 bits per heavy atom. The molecule has 1 saturated heterocycles. The topological polar surface area (TPSA) is 119 Å². The van der Waals surface area contributed by atoms with Crippen molar-refractivity contribution in [2.24, 2.45) is 0 Å². The molecule has 2 aliphatic heterocycles. The number of nitrogens with zero attached hydrogens (tertiary/aromatic N) is 2. The molecule has 1 N–H and O–H groups in total. The van der Waals surface area contributed by atoms with Gasteiger partial charge < -0.3 is 10.1 Å². The summed E-state index contributed by atoms with van der Waals surface area (Å²) in [6, 6.07) is 17.6. The van der Waals surface area contributed by atoms with E-state index in [4.69, 9.17) is 4.74 Å². The predicted molar refractivity (Wildman–Crippen MR) is 133 cm³/mol. The minimum absolute atomic E-state index is 0.00335. The van der Waals surface area contributed by atoms with Gasteiger partial charge in [-0.3, -0.25) is 24.5 Å². The molecule has 0 aromatic heterocycles. The van der Waals surface area contributed by atoms with E-state index in [1.807, 2.05) is 0 Å². The van der Waals surface area contributed by atoms with Crippen molar-refractivity contribution in [1.82, 2.24) is 5.32 Å². The third-order valence-electron chi connectivity index (χ3n) is 6.04. The van der Waals surface area contributed by atoms with Gasteiger partial charge in [0.25, 0.3) is 23.4 Å². The summed E-state index contributed by atoms with van der Waals surface area (Å²) in [5, 5.41) is 13.6. The normalized spacial score (nSPS) is 16.8. The number of fused-ring (bicyclic) bond motifs is 1. The summed E-state index contributed by atoms with van der Waals surface area (Å²) < 4.78 is 5.52. The smallest absolute Gasteiger partial charge is 0.269 e. The summed E-state index contributed by atoms with van der Waals surface area (Å²) >= 11 is 1.40. The van der Waals surface area contributed by atoms with Crippen LogP contribution in [-0.4, -0.2) is 41.9 Å². The predicted octanol–water partition coefficient (Wildman–Crippen LogP) is 4.46. The molecule has 182 valence electrons. The van der Waals surface area contributed by atoms with Gasteiger partial charge in [0.05, 0.1) is 27.8 Å². The van der Waals surface area contributed by atoms with E-state index in [-0.39, 0.29) is 28.8 Å². The number of hydrogen-bond acceptors (Lipinski definition) is 7. The monoisotopic (exact) mass is 503 g/mol. The third-order valence-corrected chi connectivity index (χ3v) is 7.06. The summed E-state index contributed by atoms with van der Waals surface area (Å²) in [7, 11) is 0. The molecule has 3 amide bonds. The molecule has 2 aliphatic rings. The van der Waals surface area contributed by atoms with Gasteiger partial charge >= 0.3 is 0 Å². The second kappa shape index (κ2) is 9.92. The van der Waals surface area contributed by atoms with E-state index in [0.29, 0.717) is 24.4 Å². The maximum atomic E-state index is 13.1. The lowest BCUT2D eigenvalue weighted by molar-refractivity contribution is -0.384. The number of amides is 3. The van der Waals surface area contributed by atoms with Crippen LogP contribution in [0.25, 0.3) is 0 Å². The Hall–Kier alpha value is -4.02. The Morgan fingerprint density at radius 2 is 1.67 bits per heavy atom. The van der Waals surface area contributed by atoms with Crippen LogP contribution in [0, 0.1) is 10.1 Å². The number of benzene rings is 3. The second-order valence-corrected chi connectivity index (χ2v) is 9.55. The van der Waals surface area contributed by atoms with Gasteiger partial charge in [-0.25, -0.2) is 4.90 Å². The average Bonchev–Trinajstić information content (AvgIpc) is 3.50. The van der Waals surface area contributed by atoms with Crippen molar-refractivity contribution in [3.05, 3.63) is 93.5 Å². The first kappa shape index (κ1) is 23.7. The molecule has 2 heterocycles. The molecule has 1 unspecified atom stereocenters. The van der Waals surface area contributed by atoms with Crippen LogP contribution >= 0.6 is 11.8 Å². The van der Waals surface area contributed by atoms with Gasteiger partial charge in [0.2, 0.25) is 0 Å². The van der Waals surface area contributed by atoms with Crippen molar-refractivity contribution < 1.29 is 24.0 Å². The zero-order valence-electron chi connectivity index (χ0n) is 19.0. The molecule has 3 aromatic rings. The van der Waals surface area contributed by atoms with E-state index in [0.717, 1.165) is 27.5 Å². The fourth-order valence-corrected chi connectivity index (χ4v) is 4.98. The van der Waals surface area contributed by atoms with Gasteiger partial charge in [-0.1, -0.05) is 11.8 Å². The molecule has 1 atom stereocenters. The Morgan fingerprint density at radius 3 is 2.31 bits per heavy atom. The van der Waals surface area contributed by atoms with Gasteiger partial charge in [0.15, 0.2) is 0 Å². The first-order chi connectivity index (χ1) is 17.4. The SMILES string of the molecule is O=C(NCC1CCCO1)c1ccc2c(c1)C(=O)N(c1ccc(Sc3ccc([N+](=O)[O-])cc3)cc1)C2=O. The van der Waals surface area contributed by atoms with Crippen LogP contribution in [0.3, 0.4) is 0 Å². The Balaban J connectivity index is 1.28. The Labute approximate surface area is 210 Å². The van der Waals surface area contributed by atoms with Gasteiger partial charge in [-0.05, 0) is 67.4 Å². The number of imide groups is 1. The number of non-ortho nitro benzene ring substituents is 1. The van der Waals surface area contributed by atoms with Crippen molar-refractivity contribution >= 4 is 40.9 Å². The van der Waals surface area contributed by atoms with Gasteiger partial charge in [0, 0.05) is 40.6 Å². The van der Waals surface area contributed by atoms with E-state index >= 15 is 0 Å². The number of rotatable bonds is 7. The zero-order valence-corrected chi connectivity index (χ0v) is 19.8. The molecule has 0 spiro atoms. The second-order valence-electron chi connectivity index (χ2n) is 8.40. The number of hydrogen-bond donors (Lipinski definition) is 1. The zero-order chi connectivity index (χ0) is 25.2. The molecule has 0 radical (unpaired) electrons. The number of nitrogens with one attached hydrogen (secondary N) is 1. The van der Waals surface area contributed by atoms with Crippen molar-refractivity contribution in [3.8, 4) is 0 Å². The average molecular weight is 504 g/mol. The number of nitro groups is 1. The fourth-order valence-electron chi connectivity index (χ4n) is 4.17. The summed E-state index contributed by atoms with van der Waals surface area (Å²) in [5.41, 5.74) is 1.18. The first-order valence-electron chi connectivity index (χ1n) is 11.4. The number of carbonyl (C=O) groups is 3. The summed E-state index contributed by atoms with van der Waals surface area (Å²) in [5.74, 6) is -1.25. The number of carbonyl (C=O) groups excluding carboxylic acids is 3. The Bertz CT molecular complexity index is 1350. The molecule has 10 heteroatoms. The van der Waals surface area contributed by atoms with Crippen LogP contribution < -0.4 is 10.2 Å². The third kappa shape index (κ3) is 4.73. The number of ether oxygens (including phenoxy) is 1. The molecule has 0 aliphatic carbocycles. The van der Waals surface area contributed by atoms with E-state index < -0.39 is 16.7 Å². The number of anilines is 1. The van der Waals surface area contributed by atoms with Crippen LogP contribution in [-0.2, 0) is 4.74 Å². The lowest BCUT2D eigenvalue weighted by Crippen LogP contribution is -2.31. The molecule has 3 aromatic carbocycles. The lowest BCUT2D eigenvalue weighted by Gasteiger charge is -2.14. The molecular formula is C26H21N3O6S. The molecule has 36 heavy (non-hydrogen) atoms. The maximum absolute atomic E-state index is 13.1. The largest absolute Gasteiger partial charge is 0.376 e. The van der Waals surface area contributed by atoms with Crippen molar-refractivity contribution in [2.45, 2.75) is 28.7 Å². The van der Waals surface area contributed by atoms with Crippen LogP contribution in [0.1, 0.15) is 43.9 Å². The van der Waals surface area contributed by atoms with E-state index in [1.165, 1.54) is 36.0 Å². The molecule has 0 bridgehead atoms. The lowest BCUT2D eigenvalue weighted by atomic mass is 10.1. The first-order valence-corrected chi connectivity index (χ1v) is 12.2. The van der Waals surface area contributed by atoms with Crippen LogP contribution in [0.2, 0.25) is 0 Å². The highest BCUT2D eigenvalue weighted by atomic mass is 32.2. The van der Waals surface area contributed by atoms with E-state index in [2.05, 4.69) is 5.32 Å². The minimum atomic E-state index is -0.487. The van der Waals surface area contributed by atoms with Gasteiger partial charge in [-0.15, -0.1) is 0 Å². The molecular weight excluding hydrogens is 482 g/mol. The Kier molecular flexibility index (Phi) is 6.53. The highest BCUT2D eigenvalue weighted by Gasteiger charge is 2.37. The van der Waals surface area contributed by atoms with Gasteiger partial charge in [0.1, 0.15) is 0 Å². The van der Waals surface area contributed by atoms with Crippen LogP contribution in [0.4, 0.5) is 11.4 Å². The van der Waals surface area contributed by atoms with E-state index in [9.17, 15) is 24.5 Å². The van der Waals surface area contributed by atoms with Crippen molar-refractivity contribution in [2.75, 3.05) is 18.1 Å². The molecule has 9 nitrogen and oxygen atoms in total. The van der Waals surface area contributed by atoms with Crippen molar-refractivity contribution in [3.63, 3.8) is 0 Å². The minimum Gasteiger partial charge on any atom is -0.376 e. The highest BCUT2D eigenvalue weighted by molar-refractivity contribution is 7.99. The molecule has 1 fully saturated rings.